The van der Waals surface area contributed by atoms with E-state index in [0.29, 0.717) is 51.3 Å². The van der Waals surface area contributed by atoms with Crippen LogP contribution in [0.2, 0.25) is 0 Å². The van der Waals surface area contributed by atoms with Gasteiger partial charge in [-0.05, 0) is 56.7 Å². The lowest BCUT2D eigenvalue weighted by Gasteiger charge is -2.26. The van der Waals surface area contributed by atoms with E-state index < -0.39 is 138 Å². The lowest BCUT2D eigenvalue weighted by Crippen LogP contribution is -2.60. The Balaban J connectivity index is 2.51. The molecule has 1 fully saturated rings. The molecule has 24 N–H and O–H groups in total. The summed E-state index contributed by atoms with van der Waals surface area (Å²) in [6.07, 6.45) is -0.522. The van der Waals surface area contributed by atoms with Crippen molar-refractivity contribution in [3.8, 4) is 0 Å². The summed E-state index contributed by atoms with van der Waals surface area (Å²) < 4.78 is 21.4. The predicted octanol–water partition coefficient (Wildman–Crippen LogP) is -8.95. The van der Waals surface area contributed by atoms with Gasteiger partial charge in [-0.2, -0.15) is 25.3 Å². The number of nitrogens with one attached hydrogen (secondary N) is 13. The number of aliphatic carboxylic acids is 1. The van der Waals surface area contributed by atoms with Crippen molar-refractivity contribution in [1.29, 1.82) is 0 Å². The Bertz CT molecular complexity index is 2700. The number of carboxylic acids is 1. The van der Waals surface area contributed by atoms with Gasteiger partial charge in [0.2, 0.25) is 70.9 Å². The molecule has 0 bridgehead atoms. The second kappa shape index (κ2) is 53.3. The molecule has 12 amide bonds. The third-order valence-corrected chi connectivity index (χ3v) is 15.7. The number of hydrogen-bond acceptors (Lipinski definition) is 25. The number of ether oxygens (including phenoxy) is 4. The number of primary amides is 1. The SMILES string of the molecule is NCCNCC(CNCCN)CC(=O)NCCCC[C@@H]1NC(=O)CSC[C@@H](C(=O)NCCOCCOCCOCCNC(=O)COCC(N)=O)NC(=O)[C@H](Cc2ccccc2)NC(=O)[C@H](CS)NC(=O)[C@H](CC(=O)O)NC(=O)CNC(=O)[C@H](CCCN=C(N)N)NC(=O)[C@H](CS)NC1=O. The number of amides is 12. The number of guanidine groups is 1. The maximum Gasteiger partial charge on any atom is 0.305 e. The summed E-state index contributed by atoms with van der Waals surface area (Å²) in [6.45, 7) is 2.36. The maximum absolute atomic E-state index is 14.5. The van der Waals surface area contributed by atoms with Crippen molar-refractivity contribution in [3.05, 3.63) is 35.9 Å². The van der Waals surface area contributed by atoms with Crippen LogP contribution in [0.4, 0.5) is 0 Å². The summed E-state index contributed by atoms with van der Waals surface area (Å²) in [5.74, 6) is -13.1. The number of hydrogen-bond donors (Lipinski definition) is 21. The molecule has 0 saturated carbocycles. The number of nitrogens with zero attached hydrogens (tertiary/aromatic N) is 1. The van der Waals surface area contributed by atoms with Crippen LogP contribution >= 0.6 is 37.0 Å². The van der Waals surface area contributed by atoms with Crippen molar-refractivity contribution in [2.24, 2.45) is 39.6 Å². The van der Waals surface area contributed by atoms with Gasteiger partial charge in [0, 0.05) is 82.5 Å². The van der Waals surface area contributed by atoms with E-state index in [1.807, 2.05) is 0 Å². The molecule has 37 nitrogen and oxygen atoms in total. The Labute approximate surface area is 589 Å². The summed E-state index contributed by atoms with van der Waals surface area (Å²) >= 11 is 9.42. The van der Waals surface area contributed by atoms with E-state index in [1.165, 1.54) is 0 Å². The van der Waals surface area contributed by atoms with Gasteiger partial charge in [-0.15, -0.1) is 11.8 Å². The normalized spacial score (nSPS) is 19.7. The van der Waals surface area contributed by atoms with Crippen LogP contribution in [0.1, 0.15) is 50.5 Å². The lowest BCUT2D eigenvalue weighted by molar-refractivity contribution is -0.141. The van der Waals surface area contributed by atoms with Crippen molar-refractivity contribution in [2.45, 2.75) is 93.7 Å². The monoisotopic (exact) mass is 1460 g/mol. The number of carboxylic acid groups (broad SMARTS) is 1. The molecule has 0 radical (unpaired) electrons. The number of rotatable bonds is 42. The Morgan fingerprint density at radius 2 is 1.10 bits per heavy atom. The van der Waals surface area contributed by atoms with E-state index in [4.69, 9.17) is 47.6 Å². The van der Waals surface area contributed by atoms with Crippen molar-refractivity contribution in [2.75, 3.05) is 148 Å². The Hall–Kier alpha value is -7.67. The van der Waals surface area contributed by atoms with Crippen molar-refractivity contribution in [3.63, 3.8) is 0 Å². The van der Waals surface area contributed by atoms with Crippen LogP contribution in [0.3, 0.4) is 0 Å². The zero-order valence-corrected chi connectivity index (χ0v) is 58.1. The number of carbonyl (C=O) groups excluding carboxylic acids is 12. The Kier molecular flexibility index (Phi) is 47.0. The number of thioether (sulfide) groups is 1. The third-order valence-electron chi connectivity index (χ3n) is 13.9. The number of thiol groups is 2. The molecule has 0 spiro atoms. The van der Waals surface area contributed by atoms with Gasteiger partial charge in [0.1, 0.15) is 55.5 Å². The van der Waals surface area contributed by atoms with Gasteiger partial charge < -0.3 is 122 Å². The molecule has 40 heteroatoms. The first-order valence-corrected chi connectivity index (χ1v) is 34.6. The number of unbranched alkanes of at least 4 members (excludes halogenated alkanes) is 1. The van der Waals surface area contributed by atoms with Crippen molar-refractivity contribution >= 4 is 120 Å². The first-order chi connectivity index (χ1) is 47.5. The molecule has 1 aromatic carbocycles. The van der Waals surface area contributed by atoms with E-state index in [9.17, 15) is 67.4 Å². The van der Waals surface area contributed by atoms with E-state index in [2.05, 4.69) is 99.4 Å². The molecule has 1 saturated heterocycles. The molecule has 2 rings (SSSR count). The highest BCUT2D eigenvalue weighted by molar-refractivity contribution is 8.00. The predicted molar refractivity (Wildman–Crippen MR) is 371 cm³/mol. The quantitative estimate of drug-likeness (QED) is 0.0125. The number of aliphatic imine (C=N–C) groups is 1. The minimum absolute atomic E-state index is 0.00756. The van der Waals surface area contributed by atoms with Gasteiger partial charge >= 0.3 is 5.97 Å². The number of nitrogens with two attached hydrogens (primary N) is 5. The van der Waals surface area contributed by atoms with Crippen LogP contribution in [-0.2, 0) is 87.7 Å². The van der Waals surface area contributed by atoms with Crippen LogP contribution in [0, 0.1) is 5.92 Å². The molecule has 0 unspecified atom stereocenters. The molecule has 558 valence electrons. The Morgan fingerprint density at radius 1 is 0.576 bits per heavy atom. The zero-order chi connectivity index (χ0) is 73.2. The molecular weight excluding hydrogens is 1360 g/mol. The molecule has 99 heavy (non-hydrogen) atoms. The molecule has 1 aliphatic rings. The summed E-state index contributed by atoms with van der Waals surface area (Å²) in [5.41, 5.74) is 27.8. The first-order valence-electron chi connectivity index (χ1n) is 32.2. The van der Waals surface area contributed by atoms with E-state index in [1.54, 1.807) is 30.3 Å². The highest BCUT2D eigenvalue weighted by Gasteiger charge is 2.34. The highest BCUT2D eigenvalue weighted by Crippen LogP contribution is 2.11. The van der Waals surface area contributed by atoms with Crippen LogP contribution in [0.5, 0.6) is 0 Å². The standard InChI is InChI=1S/C59H101N19O18S3/c60-11-15-65-28-38(29-66-16-12-61)26-47(80)67-13-5-4-9-40-54(88)76-43(33-97)57(91)74-39(10-6-14-70-59(63)64)52(86)71-30-48(81)73-42(27-51(84)85)56(90)77-44(34-98)58(92)75-41(25-37-7-2-1-3-8-37)55(89)78-45(35-99-36-50(83)72-40)53(87)69-18-20-94-22-24-95-23-21-93-19-17-68-49(82)32-96-31-46(62)79/h1-3,7-8,38-45,65-66,97-98H,4-6,9-36,60-61H2,(H2,62,79)(H,67,80)(H,68,82)(H,69,87)(H,71,86)(H,72,83)(H,73,81)(H,74,91)(H,75,92)(H,76,88)(H,77,90)(H,78,89)(H,84,85)(H4,63,64,70)/t39-,40-,41-,42-,43-,44-,45-/m0/s1. The Morgan fingerprint density at radius 3 is 1.69 bits per heavy atom. The molecule has 7 atom stereocenters. The molecule has 1 heterocycles. The van der Waals surface area contributed by atoms with Gasteiger partial charge in [0.05, 0.1) is 58.4 Å². The van der Waals surface area contributed by atoms with Gasteiger partial charge in [-0.3, -0.25) is 67.3 Å². The minimum atomic E-state index is -1.85. The van der Waals surface area contributed by atoms with Gasteiger partial charge in [-0.25, -0.2) is 0 Å². The van der Waals surface area contributed by atoms with E-state index in [-0.39, 0.29) is 147 Å². The fraction of sp³-hybridized carbons (Fsp3) is 0.661. The van der Waals surface area contributed by atoms with Crippen LogP contribution < -0.4 is 97.8 Å². The zero-order valence-electron chi connectivity index (χ0n) is 55.4. The van der Waals surface area contributed by atoms with Crippen LogP contribution in [0.15, 0.2) is 35.3 Å². The maximum atomic E-state index is 14.5. The summed E-state index contributed by atoms with van der Waals surface area (Å²) in [6, 6.07) is -2.19. The third kappa shape index (κ3) is 41.5. The molecule has 0 aromatic heterocycles. The first kappa shape index (κ1) is 87.4. The van der Waals surface area contributed by atoms with E-state index >= 15 is 0 Å². The molecule has 1 aliphatic heterocycles. The van der Waals surface area contributed by atoms with Crippen LogP contribution in [0.25, 0.3) is 0 Å². The van der Waals surface area contributed by atoms with Gasteiger partial charge in [0.25, 0.3) is 0 Å². The second-order valence-corrected chi connectivity index (χ2v) is 24.0. The lowest BCUT2D eigenvalue weighted by atomic mass is 10.0. The number of carbonyl (C=O) groups is 13. The smallest absolute Gasteiger partial charge is 0.305 e. The van der Waals surface area contributed by atoms with E-state index in [0.717, 1.165) is 11.8 Å². The fourth-order valence-electron chi connectivity index (χ4n) is 9.00. The highest BCUT2D eigenvalue weighted by atomic mass is 32.2. The molecule has 1 aromatic rings. The molecular formula is C59H101N19O18S3. The van der Waals surface area contributed by atoms with Gasteiger partial charge in [0.15, 0.2) is 5.96 Å². The summed E-state index contributed by atoms with van der Waals surface area (Å²) in [4.78, 5) is 178. The average molecular weight is 1460 g/mol. The average Bonchev–Trinajstić information content (AvgIpc) is 0.926. The minimum Gasteiger partial charge on any atom is -0.481 e. The van der Waals surface area contributed by atoms with Crippen LogP contribution in [-0.4, -0.2) is 278 Å². The number of benzene rings is 1. The largest absolute Gasteiger partial charge is 0.481 e. The summed E-state index contributed by atoms with van der Waals surface area (Å²) in [7, 11) is 0. The topological polar surface area (TPSA) is 578 Å². The molecule has 0 aliphatic carbocycles. The summed E-state index contributed by atoms with van der Waals surface area (Å²) in [5, 5.41) is 44.3. The fourth-order valence-corrected chi connectivity index (χ4v) is 10.4. The second-order valence-electron chi connectivity index (χ2n) is 22.2. The van der Waals surface area contributed by atoms with Crippen molar-refractivity contribution < 1.29 is 86.4 Å². The van der Waals surface area contributed by atoms with Crippen molar-refractivity contribution in [1.82, 2.24) is 69.1 Å². The van der Waals surface area contributed by atoms with Gasteiger partial charge in [-0.1, -0.05) is 30.3 Å².